The van der Waals surface area contributed by atoms with E-state index < -0.39 is 0 Å². The van der Waals surface area contributed by atoms with Crippen LogP contribution >= 0.6 is 11.3 Å². The van der Waals surface area contributed by atoms with Crippen LogP contribution in [0.3, 0.4) is 0 Å². The molecule has 5 rings (SSSR count). The molecule has 0 saturated heterocycles. The number of aromatic nitrogens is 5. The van der Waals surface area contributed by atoms with Crippen LogP contribution in [0, 0.1) is 0 Å². The average molecular weight is 345 g/mol. The van der Waals surface area contributed by atoms with E-state index in [1.54, 1.807) is 28.2 Å². The van der Waals surface area contributed by atoms with Crippen molar-refractivity contribution >= 4 is 17.0 Å². The fraction of sp³-hybridized carbons (Fsp3) is 0. The van der Waals surface area contributed by atoms with Gasteiger partial charge in [0.2, 0.25) is 5.82 Å². The van der Waals surface area contributed by atoms with E-state index in [-0.39, 0.29) is 0 Å². The third kappa shape index (κ3) is 2.33. The molecular formula is C18H11N5OS. The SMILES string of the molecule is c1ccc(-c2noc(-c3cnn4c(-c5cccs5)ccnc34)n2)cc1. The van der Waals surface area contributed by atoms with Crippen LogP contribution in [0.5, 0.6) is 0 Å². The van der Waals surface area contributed by atoms with Crippen molar-refractivity contribution in [3.8, 4) is 33.4 Å². The summed E-state index contributed by atoms with van der Waals surface area (Å²) in [5, 5.41) is 10.6. The number of benzene rings is 1. The number of fused-ring (bicyclic) bond motifs is 1. The molecule has 0 saturated carbocycles. The Morgan fingerprint density at radius 3 is 2.76 bits per heavy atom. The summed E-state index contributed by atoms with van der Waals surface area (Å²) in [5.41, 5.74) is 3.29. The van der Waals surface area contributed by atoms with Crippen molar-refractivity contribution < 1.29 is 4.52 Å². The van der Waals surface area contributed by atoms with Crippen molar-refractivity contribution in [2.24, 2.45) is 0 Å². The summed E-state index contributed by atoms with van der Waals surface area (Å²) in [5.74, 6) is 0.953. The van der Waals surface area contributed by atoms with Gasteiger partial charge in [0.1, 0.15) is 5.56 Å². The van der Waals surface area contributed by atoms with Crippen molar-refractivity contribution in [2.45, 2.75) is 0 Å². The summed E-state index contributed by atoms with van der Waals surface area (Å²) in [6, 6.07) is 15.7. The lowest BCUT2D eigenvalue weighted by atomic mass is 10.2. The predicted molar refractivity (Wildman–Crippen MR) is 95.0 cm³/mol. The molecule has 1 aromatic carbocycles. The van der Waals surface area contributed by atoms with Crippen LogP contribution in [0.25, 0.3) is 39.1 Å². The zero-order valence-corrected chi connectivity index (χ0v) is 13.7. The molecule has 6 nitrogen and oxygen atoms in total. The third-order valence-corrected chi connectivity index (χ3v) is 4.76. The first-order valence-corrected chi connectivity index (χ1v) is 8.54. The van der Waals surface area contributed by atoms with Gasteiger partial charge in [-0.05, 0) is 17.5 Å². The predicted octanol–water partition coefficient (Wildman–Crippen LogP) is 4.17. The minimum Gasteiger partial charge on any atom is -0.333 e. The highest BCUT2D eigenvalue weighted by Crippen LogP contribution is 2.29. The molecule has 4 aromatic heterocycles. The van der Waals surface area contributed by atoms with Gasteiger partial charge in [-0.25, -0.2) is 9.50 Å². The third-order valence-electron chi connectivity index (χ3n) is 3.86. The monoisotopic (exact) mass is 345 g/mol. The summed E-state index contributed by atoms with van der Waals surface area (Å²) in [6.07, 6.45) is 3.48. The zero-order chi connectivity index (χ0) is 16.6. The van der Waals surface area contributed by atoms with E-state index >= 15 is 0 Å². The second-order valence-electron chi connectivity index (χ2n) is 5.39. The lowest BCUT2D eigenvalue weighted by Gasteiger charge is -2.01. The van der Waals surface area contributed by atoms with Gasteiger partial charge in [-0.15, -0.1) is 11.3 Å². The van der Waals surface area contributed by atoms with Gasteiger partial charge in [-0.1, -0.05) is 41.6 Å². The molecule has 0 amide bonds. The highest BCUT2D eigenvalue weighted by Gasteiger charge is 2.17. The molecule has 7 heteroatoms. The van der Waals surface area contributed by atoms with Gasteiger partial charge in [-0.3, -0.25) is 0 Å². The summed E-state index contributed by atoms with van der Waals surface area (Å²) in [6.45, 7) is 0. The van der Waals surface area contributed by atoms with Crippen LogP contribution in [-0.4, -0.2) is 24.7 Å². The van der Waals surface area contributed by atoms with Crippen molar-refractivity contribution in [3.63, 3.8) is 0 Å². The Morgan fingerprint density at radius 2 is 1.92 bits per heavy atom. The minimum atomic E-state index is 0.407. The second-order valence-corrected chi connectivity index (χ2v) is 6.34. The molecule has 0 aliphatic carbocycles. The van der Waals surface area contributed by atoms with E-state index in [2.05, 4.69) is 26.3 Å². The second kappa shape index (κ2) is 5.64. The van der Waals surface area contributed by atoms with Crippen LogP contribution in [0.2, 0.25) is 0 Å². The molecule has 0 bridgehead atoms. The van der Waals surface area contributed by atoms with E-state index in [1.807, 2.05) is 47.8 Å². The van der Waals surface area contributed by atoms with Crippen molar-refractivity contribution in [1.82, 2.24) is 24.7 Å². The standard InChI is InChI=1S/C18H11N5OS/c1-2-5-12(6-3-1)16-21-18(24-22-16)13-11-20-23-14(8-9-19-17(13)23)15-7-4-10-25-15/h1-11H. The first-order valence-electron chi connectivity index (χ1n) is 7.66. The Hall–Kier alpha value is -3.32. The van der Waals surface area contributed by atoms with E-state index in [9.17, 15) is 0 Å². The first kappa shape index (κ1) is 14.1. The summed E-state index contributed by atoms with van der Waals surface area (Å²) in [7, 11) is 0. The average Bonchev–Trinajstić information content (AvgIpc) is 3.41. The van der Waals surface area contributed by atoms with Gasteiger partial charge in [0.25, 0.3) is 5.89 Å². The quantitative estimate of drug-likeness (QED) is 0.491. The molecule has 0 aliphatic rings. The highest BCUT2D eigenvalue weighted by atomic mass is 32.1. The summed E-state index contributed by atoms with van der Waals surface area (Å²) in [4.78, 5) is 10.1. The number of rotatable bonds is 3. The summed E-state index contributed by atoms with van der Waals surface area (Å²) >= 11 is 1.66. The van der Waals surface area contributed by atoms with Gasteiger partial charge >= 0.3 is 0 Å². The Kier molecular flexibility index (Phi) is 3.17. The van der Waals surface area contributed by atoms with E-state index in [0.29, 0.717) is 22.9 Å². The Morgan fingerprint density at radius 1 is 1.00 bits per heavy atom. The molecule has 4 heterocycles. The fourth-order valence-corrected chi connectivity index (χ4v) is 3.43. The Labute approximate surface area is 146 Å². The molecule has 25 heavy (non-hydrogen) atoms. The molecule has 0 radical (unpaired) electrons. The van der Waals surface area contributed by atoms with E-state index in [4.69, 9.17) is 4.52 Å². The highest BCUT2D eigenvalue weighted by molar-refractivity contribution is 7.13. The first-order chi connectivity index (χ1) is 12.4. The number of nitrogens with zero attached hydrogens (tertiary/aromatic N) is 5. The zero-order valence-electron chi connectivity index (χ0n) is 12.9. The van der Waals surface area contributed by atoms with Gasteiger partial charge in [0.05, 0.1) is 16.8 Å². The van der Waals surface area contributed by atoms with Gasteiger partial charge in [0, 0.05) is 11.8 Å². The smallest absolute Gasteiger partial charge is 0.263 e. The lowest BCUT2D eigenvalue weighted by molar-refractivity contribution is 0.432. The largest absolute Gasteiger partial charge is 0.333 e. The van der Waals surface area contributed by atoms with Crippen LogP contribution in [0.4, 0.5) is 0 Å². The molecule has 5 aromatic rings. The van der Waals surface area contributed by atoms with Gasteiger partial charge in [0.15, 0.2) is 5.65 Å². The van der Waals surface area contributed by atoms with Crippen molar-refractivity contribution in [1.29, 1.82) is 0 Å². The number of hydrogen-bond donors (Lipinski definition) is 0. The molecular weight excluding hydrogens is 334 g/mol. The lowest BCUT2D eigenvalue weighted by Crippen LogP contribution is -1.94. The number of hydrogen-bond acceptors (Lipinski definition) is 6. The molecule has 0 aliphatic heterocycles. The molecule has 0 N–H and O–H groups in total. The van der Waals surface area contributed by atoms with Crippen LogP contribution < -0.4 is 0 Å². The van der Waals surface area contributed by atoms with Crippen LogP contribution in [0.15, 0.2) is 70.8 Å². The molecule has 0 atom stereocenters. The van der Waals surface area contributed by atoms with Gasteiger partial charge < -0.3 is 4.52 Å². The Balaban J connectivity index is 1.63. The molecule has 0 unspecified atom stereocenters. The van der Waals surface area contributed by atoms with E-state index in [1.165, 1.54) is 0 Å². The molecule has 120 valence electrons. The normalized spacial score (nSPS) is 11.2. The maximum Gasteiger partial charge on any atom is 0.263 e. The van der Waals surface area contributed by atoms with Crippen molar-refractivity contribution in [2.75, 3.05) is 0 Å². The fourth-order valence-electron chi connectivity index (χ4n) is 2.69. The van der Waals surface area contributed by atoms with Crippen LogP contribution in [0.1, 0.15) is 0 Å². The Bertz CT molecular complexity index is 1140. The summed E-state index contributed by atoms with van der Waals surface area (Å²) < 4.78 is 7.25. The molecule has 0 fully saturated rings. The maximum atomic E-state index is 5.45. The van der Waals surface area contributed by atoms with Crippen molar-refractivity contribution in [3.05, 3.63) is 66.3 Å². The topological polar surface area (TPSA) is 69.1 Å². The minimum absolute atomic E-state index is 0.407. The van der Waals surface area contributed by atoms with Crippen LogP contribution in [-0.2, 0) is 0 Å². The number of thiophene rings is 1. The molecule has 0 spiro atoms. The van der Waals surface area contributed by atoms with E-state index in [0.717, 1.165) is 16.1 Å². The maximum absolute atomic E-state index is 5.45. The van der Waals surface area contributed by atoms with Gasteiger partial charge in [-0.2, -0.15) is 10.1 Å².